The summed E-state index contributed by atoms with van der Waals surface area (Å²) in [5.41, 5.74) is 6.36. The molecule has 1 rings (SSSR count). The number of rotatable bonds is 8. The van der Waals surface area contributed by atoms with Gasteiger partial charge in [-0.1, -0.05) is 26.7 Å². The summed E-state index contributed by atoms with van der Waals surface area (Å²) in [4.78, 5) is 2.68. The highest BCUT2D eigenvalue weighted by Crippen LogP contribution is 2.37. The first kappa shape index (κ1) is 13.0. The van der Waals surface area contributed by atoms with Crippen LogP contribution in [0.5, 0.6) is 0 Å². The van der Waals surface area contributed by atoms with Crippen molar-refractivity contribution >= 4 is 0 Å². The third-order valence-corrected chi connectivity index (χ3v) is 3.90. The van der Waals surface area contributed by atoms with Crippen molar-refractivity contribution < 1.29 is 0 Å². The van der Waals surface area contributed by atoms with Crippen molar-refractivity contribution in [3.05, 3.63) is 0 Å². The summed E-state index contributed by atoms with van der Waals surface area (Å²) in [5.74, 6) is 0. The zero-order chi connectivity index (χ0) is 11.1. The molecule has 0 unspecified atom stereocenters. The molecule has 1 fully saturated rings. The highest BCUT2D eigenvalue weighted by atomic mass is 15.2. The van der Waals surface area contributed by atoms with E-state index in [2.05, 4.69) is 18.7 Å². The van der Waals surface area contributed by atoms with Crippen molar-refractivity contribution in [2.75, 3.05) is 19.6 Å². The molecule has 0 radical (unpaired) electrons. The maximum atomic E-state index is 5.97. The lowest BCUT2D eigenvalue weighted by Crippen LogP contribution is -2.58. The standard InChI is InChI=1S/C13H28N2/c1-3-5-10-15(11-6-4-2)13(12-14)8-7-9-13/h3-12,14H2,1-2H3. The molecule has 0 atom stereocenters. The fraction of sp³-hybridized carbons (Fsp3) is 1.00. The Labute approximate surface area is 95.2 Å². The van der Waals surface area contributed by atoms with Crippen LogP contribution < -0.4 is 5.73 Å². The van der Waals surface area contributed by atoms with Crippen LogP contribution in [0.1, 0.15) is 58.8 Å². The van der Waals surface area contributed by atoms with Gasteiger partial charge in [0.25, 0.3) is 0 Å². The molecule has 2 nitrogen and oxygen atoms in total. The summed E-state index contributed by atoms with van der Waals surface area (Å²) >= 11 is 0. The summed E-state index contributed by atoms with van der Waals surface area (Å²) in [6.45, 7) is 7.92. The van der Waals surface area contributed by atoms with Crippen LogP contribution in [0.2, 0.25) is 0 Å². The first-order chi connectivity index (χ1) is 7.29. The van der Waals surface area contributed by atoms with E-state index < -0.39 is 0 Å². The Morgan fingerprint density at radius 3 is 1.87 bits per heavy atom. The lowest BCUT2D eigenvalue weighted by molar-refractivity contribution is 0.0211. The minimum Gasteiger partial charge on any atom is -0.329 e. The summed E-state index contributed by atoms with van der Waals surface area (Å²) in [5, 5.41) is 0. The second-order valence-corrected chi connectivity index (χ2v) is 4.98. The second-order valence-electron chi connectivity index (χ2n) is 4.98. The Bertz CT molecular complexity index is 150. The van der Waals surface area contributed by atoms with Crippen molar-refractivity contribution in [1.82, 2.24) is 4.90 Å². The van der Waals surface area contributed by atoms with Gasteiger partial charge in [-0.3, -0.25) is 4.90 Å². The normalized spacial score (nSPS) is 19.2. The number of nitrogens with two attached hydrogens (primary N) is 1. The molecular formula is C13H28N2. The summed E-state index contributed by atoms with van der Waals surface area (Å²) in [6, 6.07) is 0. The minimum atomic E-state index is 0.393. The van der Waals surface area contributed by atoms with Crippen LogP contribution in [0, 0.1) is 0 Å². The van der Waals surface area contributed by atoms with E-state index >= 15 is 0 Å². The molecular weight excluding hydrogens is 184 g/mol. The topological polar surface area (TPSA) is 29.3 Å². The first-order valence-electron chi connectivity index (χ1n) is 6.74. The van der Waals surface area contributed by atoms with E-state index in [-0.39, 0.29) is 0 Å². The molecule has 1 saturated carbocycles. The van der Waals surface area contributed by atoms with E-state index in [0.717, 1.165) is 6.54 Å². The van der Waals surface area contributed by atoms with Gasteiger partial charge in [-0.15, -0.1) is 0 Å². The van der Waals surface area contributed by atoms with E-state index in [1.54, 1.807) is 0 Å². The largest absolute Gasteiger partial charge is 0.329 e. The van der Waals surface area contributed by atoms with Crippen molar-refractivity contribution in [3.8, 4) is 0 Å². The number of nitrogens with zero attached hydrogens (tertiary/aromatic N) is 1. The van der Waals surface area contributed by atoms with Gasteiger partial charge in [-0.2, -0.15) is 0 Å². The van der Waals surface area contributed by atoms with Crippen molar-refractivity contribution in [3.63, 3.8) is 0 Å². The fourth-order valence-corrected chi connectivity index (χ4v) is 2.52. The molecule has 1 aliphatic rings. The number of hydrogen-bond acceptors (Lipinski definition) is 2. The maximum Gasteiger partial charge on any atom is 0.0331 e. The smallest absolute Gasteiger partial charge is 0.0331 e. The predicted molar refractivity (Wildman–Crippen MR) is 67.0 cm³/mol. The van der Waals surface area contributed by atoms with Crippen LogP contribution in [0.25, 0.3) is 0 Å². The third kappa shape index (κ3) is 3.18. The molecule has 2 heteroatoms. The van der Waals surface area contributed by atoms with Crippen molar-refractivity contribution in [2.45, 2.75) is 64.3 Å². The van der Waals surface area contributed by atoms with Crippen LogP contribution in [0.15, 0.2) is 0 Å². The molecule has 1 aliphatic carbocycles. The van der Waals surface area contributed by atoms with Gasteiger partial charge in [-0.25, -0.2) is 0 Å². The van der Waals surface area contributed by atoms with Gasteiger partial charge in [0.05, 0.1) is 0 Å². The van der Waals surface area contributed by atoms with Gasteiger partial charge in [0.15, 0.2) is 0 Å². The monoisotopic (exact) mass is 212 g/mol. The Kier molecular flexibility index (Phi) is 5.62. The van der Waals surface area contributed by atoms with Gasteiger partial charge in [-0.05, 0) is 45.2 Å². The van der Waals surface area contributed by atoms with E-state index in [1.807, 2.05) is 0 Å². The second kappa shape index (κ2) is 6.49. The molecule has 15 heavy (non-hydrogen) atoms. The Balaban J connectivity index is 2.45. The summed E-state index contributed by atoms with van der Waals surface area (Å²) < 4.78 is 0. The molecule has 0 saturated heterocycles. The highest BCUT2D eigenvalue weighted by Gasteiger charge is 2.40. The molecule has 0 aromatic heterocycles. The van der Waals surface area contributed by atoms with Gasteiger partial charge >= 0.3 is 0 Å². The van der Waals surface area contributed by atoms with Crippen LogP contribution in [0.4, 0.5) is 0 Å². The molecule has 90 valence electrons. The van der Waals surface area contributed by atoms with Gasteiger partial charge in [0.1, 0.15) is 0 Å². The zero-order valence-electron chi connectivity index (χ0n) is 10.6. The van der Waals surface area contributed by atoms with Crippen LogP contribution in [0.3, 0.4) is 0 Å². The minimum absolute atomic E-state index is 0.393. The van der Waals surface area contributed by atoms with Gasteiger partial charge < -0.3 is 5.73 Å². The quantitative estimate of drug-likeness (QED) is 0.670. The molecule has 0 bridgehead atoms. The number of hydrogen-bond donors (Lipinski definition) is 1. The SMILES string of the molecule is CCCCN(CCCC)C1(CN)CCC1. The lowest BCUT2D eigenvalue weighted by Gasteiger charge is -2.50. The van der Waals surface area contributed by atoms with Crippen molar-refractivity contribution in [1.29, 1.82) is 0 Å². The Morgan fingerprint density at radius 2 is 1.60 bits per heavy atom. The van der Waals surface area contributed by atoms with E-state index in [9.17, 15) is 0 Å². The molecule has 2 N–H and O–H groups in total. The third-order valence-electron chi connectivity index (χ3n) is 3.90. The predicted octanol–water partition coefficient (Wildman–Crippen LogP) is 2.77. The molecule has 0 aliphatic heterocycles. The van der Waals surface area contributed by atoms with E-state index in [4.69, 9.17) is 5.73 Å². The first-order valence-corrected chi connectivity index (χ1v) is 6.74. The fourth-order valence-electron chi connectivity index (χ4n) is 2.52. The van der Waals surface area contributed by atoms with Crippen LogP contribution in [-0.4, -0.2) is 30.1 Å². The van der Waals surface area contributed by atoms with E-state index in [1.165, 1.54) is 58.0 Å². The van der Waals surface area contributed by atoms with Crippen LogP contribution >= 0.6 is 0 Å². The highest BCUT2D eigenvalue weighted by molar-refractivity contribution is 4.98. The molecule has 0 aromatic carbocycles. The average Bonchev–Trinajstić information content (AvgIpc) is 2.20. The van der Waals surface area contributed by atoms with Crippen molar-refractivity contribution in [2.24, 2.45) is 5.73 Å². The van der Waals surface area contributed by atoms with Gasteiger partial charge in [0, 0.05) is 12.1 Å². The molecule has 0 amide bonds. The summed E-state index contributed by atoms with van der Waals surface area (Å²) in [6.07, 6.45) is 9.28. The lowest BCUT2D eigenvalue weighted by atomic mass is 9.75. The number of unbranched alkanes of at least 4 members (excludes halogenated alkanes) is 2. The molecule has 0 heterocycles. The Hall–Kier alpha value is -0.0800. The van der Waals surface area contributed by atoms with Gasteiger partial charge in [0.2, 0.25) is 0 Å². The Morgan fingerprint density at radius 1 is 1.07 bits per heavy atom. The molecule has 0 aromatic rings. The molecule has 0 spiro atoms. The van der Waals surface area contributed by atoms with E-state index in [0.29, 0.717) is 5.54 Å². The maximum absolute atomic E-state index is 5.97. The average molecular weight is 212 g/mol. The summed E-state index contributed by atoms with van der Waals surface area (Å²) in [7, 11) is 0. The zero-order valence-corrected chi connectivity index (χ0v) is 10.6. The van der Waals surface area contributed by atoms with Crippen LogP contribution in [-0.2, 0) is 0 Å².